The molecule has 0 bridgehead atoms. The molecule has 1 rings (SSSR count). The van der Waals surface area contributed by atoms with Crippen LogP contribution in [0.2, 0.25) is 21.7 Å². The fourth-order valence-electron chi connectivity index (χ4n) is 4.48. The van der Waals surface area contributed by atoms with Crippen LogP contribution in [0.25, 0.3) is 0 Å². The third kappa shape index (κ3) is 3.97. The smallest absolute Gasteiger partial charge is 0.402 e. The molecule has 0 spiro atoms. The van der Waals surface area contributed by atoms with Crippen molar-refractivity contribution in [3.8, 4) is 0 Å². The summed E-state index contributed by atoms with van der Waals surface area (Å²) in [6.07, 6.45) is 5.64. The van der Waals surface area contributed by atoms with Gasteiger partial charge in [-0.05, 0) is 42.8 Å². The number of hydrogen-bond donors (Lipinski definition) is 0. The molecular weight excluding hydrogens is 336 g/mol. The molecule has 0 amide bonds. The summed E-state index contributed by atoms with van der Waals surface area (Å²) in [4.78, 5) is 13.3. The van der Waals surface area contributed by atoms with E-state index in [2.05, 4.69) is 27.7 Å². The molecule has 0 aromatic rings. The number of rotatable bonds is 9. The van der Waals surface area contributed by atoms with Crippen LogP contribution in [0.15, 0.2) is 0 Å². The van der Waals surface area contributed by atoms with E-state index >= 15 is 0 Å². The van der Waals surface area contributed by atoms with Crippen molar-refractivity contribution >= 4 is 23.6 Å². The van der Waals surface area contributed by atoms with Crippen LogP contribution in [0.3, 0.4) is 0 Å². The minimum absolute atomic E-state index is 0.0939. The fraction of sp³-hybridized carbons (Fsp3) is 0.944. The van der Waals surface area contributed by atoms with E-state index in [1.165, 1.54) is 25.7 Å². The molecule has 1 aliphatic rings. The molecule has 1 radical (unpaired) electrons. The van der Waals surface area contributed by atoms with Crippen molar-refractivity contribution in [3.05, 3.63) is 0 Å². The van der Waals surface area contributed by atoms with Gasteiger partial charge < -0.3 is 13.3 Å². The lowest BCUT2D eigenvalue weighted by Crippen LogP contribution is -2.53. The molecular formula is C18H37O4Si2. The van der Waals surface area contributed by atoms with E-state index in [1.54, 1.807) is 14.2 Å². The van der Waals surface area contributed by atoms with E-state index in [1.807, 2.05) is 13.8 Å². The first-order valence-corrected chi connectivity index (χ1v) is 12.8. The largest absolute Gasteiger partial charge is 0.518 e. The maximum Gasteiger partial charge on any atom is 0.402 e. The minimum Gasteiger partial charge on any atom is -0.518 e. The molecule has 1 atom stereocenters. The van der Waals surface area contributed by atoms with Crippen molar-refractivity contribution in [2.75, 3.05) is 14.2 Å². The van der Waals surface area contributed by atoms with Crippen molar-refractivity contribution in [1.82, 2.24) is 0 Å². The molecule has 0 aliphatic heterocycles. The Morgan fingerprint density at radius 3 is 1.92 bits per heavy atom. The zero-order chi connectivity index (χ0) is 18.5. The number of carbonyl (C=O) groups excluding carboxylic acids is 1. The molecule has 4 nitrogen and oxygen atoms in total. The van der Waals surface area contributed by atoms with Crippen LogP contribution in [0.4, 0.5) is 0 Å². The standard InChI is InChI=1S/C18H37O4Si2/c1-9-18(6,23(20-7)21-8)17(19)22-24(14(2)3,15(4)5)16-12-10-11-13-16/h14-16H,9-13H2,1-8H3. The second-order valence-corrected chi connectivity index (χ2v) is 15.4. The molecule has 1 unspecified atom stereocenters. The Hall–Kier alpha value is -0.176. The van der Waals surface area contributed by atoms with Crippen molar-refractivity contribution < 1.29 is 18.1 Å². The van der Waals surface area contributed by atoms with Crippen molar-refractivity contribution in [2.45, 2.75) is 95.3 Å². The lowest BCUT2D eigenvalue weighted by Gasteiger charge is -2.45. The predicted molar refractivity (Wildman–Crippen MR) is 103 cm³/mol. The average Bonchev–Trinajstić information content (AvgIpc) is 3.06. The Morgan fingerprint density at radius 1 is 1.12 bits per heavy atom. The lowest BCUT2D eigenvalue weighted by atomic mass is 10.1. The van der Waals surface area contributed by atoms with Gasteiger partial charge in [0.05, 0.1) is 0 Å². The molecule has 0 aromatic carbocycles. The average molecular weight is 374 g/mol. The predicted octanol–water partition coefficient (Wildman–Crippen LogP) is 5.19. The van der Waals surface area contributed by atoms with E-state index in [-0.39, 0.29) is 5.97 Å². The van der Waals surface area contributed by atoms with Crippen molar-refractivity contribution in [2.24, 2.45) is 0 Å². The Kier molecular flexibility index (Phi) is 8.17. The van der Waals surface area contributed by atoms with Crippen LogP contribution < -0.4 is 0 Å². The Labute approximate surface area is 151 Å². The monoisotopic (exact) mass is 373 g/mol. The molecule has 1 saturated carbocycles. The zero-order valence-corrected chi connectivity index (χ0v) is 18.9. The van der Waals surface area contributed by atoms with Gasteiger partial charge in [0, 0.05) is 14.2 Å². The van der Waals surface area contributed by atoms with Crippen molar-refractivity contribution in [3.63, 3.8) is 0 Å². The summed E-state index contributed by atoms with van der Waals surface area (Å²) in [7, 11) is -0.669. The quantitative estimate of drug-likeness (QED) is 0.522. The van der Waals surface area contributed by atoms with Crippen molar-refractivity contribution in [1.29, 1.82) is 0 Å². The Morgan fingerprint density at radius 2 is 1.58 bits per heavy atom. The van der Waals surface area contributed by atoms with Gasteiger partial charge in [0.15, 0.2) is 0 Å². The van der Waals surface area contributed by atoms with Crippen LogP contribution >= 0.6 is 0 Å². The van der Waals surface area contributed by atoms with E-state index in [9.17, 15) is 4.79 Å². The van der Waals surface area contributed by atoms with Gasteiger partial charge in [-0.2, -0.15) is 0 Å². The molecule has 24 heavy (non-hydrogen) atoms. The summed E-state index contributed by atoms with van der Waals surface area (Å²) >= 11 is 0. The van der Waals surface area contributed by atoms with E-state index in [0.29, 0.717) is 23.0 Å². The highest BCUT2D eigenvalue weighted by atomic mass is 28.4. The topological polar surface area (TPSA) is 44.8 Å². The molecule has 1 fully saturated rings. The normalized spacial score (nSPS) is 19.3. The van der Waals surface area contributed by atoms with Crippen LogP contribution in [-0.2, 0) is 18.1 Å². The maximum atomic E-state index is 13.3. The molecule has 0 aromatic heterocycles. The van der Waals surface area contributed by atoms with Crippen LogP contribution in [0, 0.1) is 0 Å². The first kappa shape index (κ1) is 21.9. The second-order valence-electron chi connectivity index (χ2n) is 7.92. The first-order chi connectivity index (χ1) is 11.2. The molecule has 0 heterocycles. The summed E-state index contributed by atoms with van der Waals surface area (Å²) in [6.45, 7) is 13.0. The number of hydrogen-bond acceptors (Lipinski definition) is 4. The van der Waals surface area contributed by atoms with E-state index in [0.717, 1.165) is 0 Å². The molecule has 141 valence electrons. The van der Waals surface area contributed by atoms with E-state index < -0.39 is 22.6 Å². The minimum atomic E-state index is -2.22. The third-order valence-electron chi connectivity index (χ3n) is 6.05. The highest BCUT2D eigenvalue weighted by Crippen LogP contribution is 2.51. The Bertz CT molecular complexity index is 396. The van der Waals surface area contributed by atoms with Gasteiger partial charge in [0.1, 0.15) is 5.04 Å². The number of carbonyl (C=O) groups is 1. The Balaban J connectivity index is 3.19. The van der Waals surface area contributed by atoms with Gasteiger partial charge in [-0.1, -0.05) is 47.5 Å². The highest BCUT2D eigenvalue weighted by molar-refractivity contribution is 6.79. The van der Waals surface area contributed by atoms with E-state index in [4.69, 9.17) is 13.3 Å². The maximum absolute atomic E-state index is 13.3. The van der Waals surface area contributed by atoms with Gasteiger partial charge >= 0.3 is 9.28 Å². The molecule has 6 heteroatoms. The lowest BCUT2D eigenvalue weighted by molar-refractivity contribution is -0.140. The summed E-state index contributed by atoms with van der Waals surface area (Å²) in [5, 5.41) is -0.672. The summed E-state index contributed by atoms with van der Waals surface area (Å²) in [5.41, 5.74) is 1.43. The van der Waals surface area contributed by atoms with Gasteiger partial charge in [-0.25, -0.2) is 0 Å². The third-order valence-corrected chi connectivity index (χ3v) is 14.2. The highest BCUT2D eigenvalue weighted by Gasteiger charge is 2.56. The zero-order valence-electron chi connectivity index (χ0n) is 16.9. The SMILES string of the molecule is CCC(C)(C(=O)O[Si](C(C)C)(C(C)C)C1CCCC1)[Si](OC)OC. The van der Waals surface area contributed by atoms with Crippen LogP contribution in [0.5, 0.6) is 0 Å². The summed E-state index contributed by atoms with van der Waals surface area (Å²) in [5.74, 6) is -0.0939. The van der Waals surface area contributed by atoms with Crippen LogP contribution in [0.1, 0.15) is 73.6 Å². The molecule has 0 N–H and O–H groups in total. The summed E-state index contributed by atoms with van der Waals surface area (Å²) < 4.78 is 17.6. The van der Waals surface area contributed by atoms with Gasteiger partial charge in [-0.3, -0.25) is 4.79 Å². The van der Waals surface area contributed by atoms with Gasteiger partial charge in [-0.15, -0.1) is 0 Å². The molecule has 0 saturated heterocycles. The van der Waals surface area contributed by atoms with Crippen LogP contribution in [-0.4, -0.2) is 37.8 Å². The van der Waals surface area contributed by atoms with Gasteiger partial charge in [0.2, 0.25) is 0 Å². The molecule has 1 aliphatic carbocycles. The summed E-state index contributed by atoms with van der Waals surface area (Å²) in [6, 6.07) is 0. The van der Waals surface area contributed by atoms with Gasteiger partial charge in [0.25, 0.3) is 14.3 Å². The first-order valence-electron chi connectivity index (χ1n) is 9.39. The second kappa shape index (κ2) is 8.96. The fourth-order valence-corrected chi connectivity index (χ4v) is 11.9.